The number of rotatable bonds is 4. The largest absolute Gasteiger partial charge is 0.618 e. The summed E-state index contributed by atoms with van der Waals surface area (Å²) in [6, 6.07) is 9.26. The van der Waals surface area contributed by atoms with E-state index in [0.29, 0.717) is 5.03 Å². The lowest BCUT2D eigenvalue weighted by atomic mass is 10.1. The van der Waals surface area contributed by atoms with Crippen LogP contribution in [0, 0.1) is 26.0 Å². The molecule has 1 aromatic heterocycles. The Morgan fingerprint density at radius 1 is 1.23 bits per heavy atom. The minimum absolute atomic E-state index is 0.107. The van der Waals surface area contributed by atoms with Crippen LogP contribution in [0.3, 0.4) is 0 Å². The topological polar surface area (TPSA) is 56.0 Å². The molecule has 1 atom stereocenters. The number of hydrogen-bond acceptors (Lipinski definition) is 3. The molecule has 0 saturated heterocycles. The molecule has 1 N–H and O–H groups in total. The van der Waals surface area contributed by atoms with Crippen molar-refractivity contribution in [3.63, 3.8) is 0 Å². The van der Waals surface area contributed by atoms with Gasteiger partial charge in [0.05, 0.1) is 5.25 Å². The summed E-state index contributed by atoms with van der Waals surface area (Å²) in [6.45, 7) is 7.80. The highest BCUT2D eigenvalue weighted by Gasteiger charge is 2.19. The predicted octanol–water partition coefficient (Wildman–Crippen LogP) is 3.36. The van der Waals surface area contributed by atoms with Crippen molar-refractivity contribution in [3.05, 3.63) is 58.4 Å². The van der Waals surface area contributed by atoms with Gasteiger partial charge in [-0.3, -0.25) is 4.79 Å². The summed E-state index contributed by atoms with van der Waals surface area (Å²) in [5, 5.41) is 14.8. The first-order valence-corrected chi connectivity index (χ1v) is 8.00. The maximum Gasteiger partial charge on any atom is 0.252 e. The number of nitrogens with one attached hydrogen (secondary N) is 1. The smallest absolute Gasteiger partial charge is 0.252 e. The summed E-state index contributed by atoms with van der Waals surface area (Å²) in [6.07, 6.45) is 1.43. The molecule has 2 rings (SSSR count). The zero-order chi connectivity index (χ0) is 16.3. The minimum Gasteiger partial charge on any atom is -0.618 e. The van der Waals surface area contributed by atoms with Gasteiger partial charge < -0.3 is 10.5 Å². The van der Waals surface area contributed by atoms with Crippen LogP contribution in [0.5, 0.6) is 0 Å². The maximum atomic E-state index is 12.4. The molecule has 4 nitrogen and oxygen atoms in total. The van der Waals surface area contributed by atoms with E-state index in [-0.39, 0.29) is 11.2 Å². The van der Waals surface area contributed by atoms with E-state index in [1.165, 1.54) is 23.5 Å². The van der Waals surface area contributed by atoms with E-state index in [0.717, 1.165) is 21.5 Å². The van der Waals surface area contributed by atoms with Crippen LogP contribution in [0.2, 0.25) is 0 Å². The normalized spacial score (nSPS) is 12.0. The summed E-state index contributed by atoms with van der Waals surface area (Å²) < 4.78 is 0.775. The molecule has 0 radical (unpaired) electrons. The number of aromatic nitrogens is 1. The van der Waals surface area contributed by atoms with Gasteiger partial charge in [-0.15, -0.1) is 0 Å². The number of thioether (sulfide) groups is 1. The number of aryl methyl sites for hydroxylation is 3. The molecule has 0 bridgehead atoms. The number of nitrogens with zero attached hydrogens (tertiary/aromatic N) is 1. The number of benzene rings is 1. The molecule has 0 aliphatic carbocycles. The summed E-state index contributed by atoms with van der Waals surface area (Å²) >= 11 is 1.25. The van der Waals surface area contributed by atoms with E-state index in [2.05, 4.69) is 5.32 Å². The number of amides is 1. The summed E-state index contributed by atoms with van der Waals surface area (Å²) in [7, 11) is 0. The molecule has 2 aromatic rings. The van der Waals surface area contributed by atoms with Crippen LogP contribution in [0.1, 0.15) is 23.6 Å². The van der Waals surface area contributed by atoms with E-state index in [4.69, 9.17) is 0 Å². The van der Waals surface area contributed by atoms with Crippen molar-refractivity contribution < 1.29 is 9.52 Å². The quantitative estimate of drug-likeness (QED) is 0.534. The Labute approximate surface area is 135 Å². The Bertz CT molecular complexity index is 678. The average Bonchev–Trinajstić information content (AvgIpc) is 2.45. The van der Waals surface area contributed by atoms with Gasteiger partial charge >= 0.3 is 0 Å². The first-order chi connectivity index (χ1) is 10.4. The second kappa shape index (κ2) is 6.83. The van der Waals surface area contributed by atoms with Crippen molar-refractivity contribution in [1.29, 1.82) is 0 Å². The molecular weight excluding hydrogens is 296 g/mol. The zero-order valence-corrected chi connectivity index (χ0v) is 14.0. The summed E-state index contributed by atoms with van der Waals surface area (Å²) in [5.41, 5.74) is 4.11. The van der Waals surface area contributed by atoms with Crippen LogP contribution in [-0.4, -0.2) is 11.2 Å². The van der Waals surface area contributed by atoms with Gasteiger partial charge in [-0.2, -0.15) is 4.73 Å². The molecule has 0 aliphatic rings. The Kier molecular flexibility index (Phi) is 5.08. The molecule has 0 saturated carbocycles. The van der Waals surface area contributed by atoms with Gasteiger partial charge in [0.2, 0.25) is 5.91 Å². The molecule has 116 valence electrons. The van der Waals surface area contributed by atoms with Crippen LogP contribution in [0.4, 0.5) is 5.69 Å². The SMILES string of the molecule is Cc1cc(C)c(NC(=O)[C@H](C)Sc2cccc[n+]2[O-])c(C)c1. The van der Waals surface area contributed by atoms with Gasteiger partial charge in [0, 0.05) is 17.8 Å². The summed E-state index contributed by atoms with van der Waals surface area (Å²) in [4.78, 5) is 12.4. The Hall–Kier alpha value is -2.01. The minimum atomic E-state index is -0.359. The third kappa shape index (κ3) is 3.80. The highest BCUT2D eigenvalue weighted by Crippen LogP contribution is 2.25. The number of carbonyl (C=O) groups excluding carboxylic acids is 1. The van der Waals surface area contributed by atoms with Gasteiger partial charge in [0.1, 0.15) is 0 Å². The van der Waals surface area contributed by atoms with Crippen LogP contribution in [0.25, 0.3) is 0 Å². The fourth-order valence-corrected chi connectivity index (χ4v) is 3.19. The van der Waals surface area contributed by atoms with Gasteiger partial charge in [0.15, 0.2) is 6.20 Å². The highest BCUT2D eigenvalue weighted by molar-refractivity contribution is 8.00. The number of pyridine rings is 1. The molecule has 1 aromatic carbocycles. The van der Waals surface area contributed by atoms with Crippen molar-refractivity contribution >= 4 is 23.4 Å². The van der Waals surface area contributed by atoms with Crippen LogP contribution >= 0.6 is 11.8 Å². The molecule has 0 unspecified atom stereocenters. The number of anilines is 1. The Balaban J connectivity index is 2.11. The van der Waals surface area contributed by atoms with E-state index in [1.807, 2.05) is 32.9 Å². The molecule has 0 spiro atoms. The van der Waals surface area contributed by atoms with Crippen LogP contribution < -0.4 is 10.0 Å². The Morgan fingerprint density at radius 3 is 2.45 bits per heavy atom. The molecule has 0 aliphatic heterocycles. The summed E-state index contributed by atoms with van der Waals surface area (Å²) in [5.74, 6) is -0.107. The molecule has 22 heavy (non-hydrogen) atoms. The number of hydrogen-bond donors (Lipinski definition) is 1. The Morgan fingerprint density at radius 2 is 1.86 bits per heavy atom. The average molecular weight is 316 g/mol. The molecule has 5 heteroatoms. The molecular formula is C17H20N2O2S. The van der Waals surface area contributed by atoms with Crippen molar-refractivity contribution in [2.24, 2.45) is 0 Å². The zero-order valence-electron chi connectivity index (χ0n) is 13.2. The van der Waals surface area contributed by atoms with Crippen molar-refractivity contribution in [2.45, 2.75) is 38.0 Å². The fourth-order valence-electron chi connectivity index (χ4n) is 2.34. The van der Waals surface area contributed by atoms with E-state index in [1.54, 1.807) is 25.1 Å². The second-order valence-electron chi connectivity index (χ2n) is 5.39. The van der Waals surface area contributed by atoms with Crippen molar-refractivity contribution in [3.8, 4) is 0 Å². The maximum absolute atomic E-state index is 12.4. The standard InChI is InChI=1S/C17H20N2O2S/c1-11-9-12(2)16(13(3)10-11)18-17(20)14(4)22-15-7-5-6-8-19(15)21/h5-10,14H,1-4H3,(H,18,20)/t14-/m0/s1. The molecule has 0 fully saturated rings. The second-order valence-corrected chi connectivity index (χ2v) is 6.75. The lowest BCUT2D eigenvalue weighted by Gasteiger charge is -2.15. The lowest BCUT2D eigenvalue weighted by Crippen LogP contribution is -2.30. The highest BCUT2D eigenvalue weighted by atomic mass is 32.2. The first-order valence-electron chi connectivity index (χ1n) is 7.12. The first kappa shape index (κ1) is 16.4. The van der Waals surface area contributed by atoms with Gasteiger partial charge in [-0.05, 0) is 56.7 Å². The van der Waals surface area contributed by atoms with E-state index < -0.39 is 0 Å². The fraction of sp³-hybridized carbons (Fsp3) is 0.294. The van der Waals surface area contributed by atoms with Gasteiger partial charge in [0.25, 0.3) is 5.03 Å². The molecule has 1 heterocycles. The van der Waals surface area contributed by atoms with Crippen LogP contribution in [-0.2, 0) is 4.79 Å². The molecule has 1 amide bonds. The third-order valence-corrected chi connectivity index (χ3v) is 4.51. The lowest BCUT2D eigenvalue weighted by molar-refractivity contribution is -0.645. The third-order valence-electron chi connectivity index (χ3n) is 3.38. The predicted molar refractivity (Wildman–Crippen MR) is 90.0 cm³/mol. The monoisotopic (exact) mass is 316 g/mol. The van der Waals surface area contributed by atoms with E-state index >= 15 is 0 Å². The van der Waals surface area contributed by atoms with Crippen LogP contribution in [0.15, 0.2) is 41.6 Å². The van der Waals surface area contributed by atoms with Gasteiger partial charge in [-0.1, -0.05) is 17.7 Å². The number of carbonyl (C=O) groups is 1. The van der Waals surface area contributed by atoms with Crippen molar-refractivity contribution in [1.82, 2.24) is 0 Å². The van der Waals surface area contributed by atoms with Crippen molar-refractivity contribution in [2.75, 3.05) is 5.32 Å². The van der Waals surface area contributed by atoms with Gasteiger partial charge in [-0.25, -0.2) is 0 Å². The van der Waals surface area contributed by atoms with E-state index in [9.17, 15) is 10.0 Å².